The summed E-state index contributed by atoms with van der Waals surface area (Å²) in [5, 5.41) is 2.57. The second-order valence-corrected chi connectivity index (χ2v) is 3.49. The fraction of sp³-hybridized carbons (Fsp3) is 0.300. The quantitative estimate of drug-likeness (QED) is 0.673. The molecule has 1 amide bonds. The van der Waals surface area contributed by atoms with Gasteiger partial charge >= 0.3 is 0 Å². The zero-order valence-electron chi connectivity index (χ0n) is 7.88. The van der Waals surface area contributed by atoms with Gasteiger partial charge in [0.2, 0.25) is 5.91 Å². The molecule has 1 aromatic carbocycles. The number of benzene rings is 1. The number of rotatable bonds is 0. The molecule has 1 aliphatic heterocycles. The normalized spacial score (nSPS) is 17.1. The largest absolute Gasteiger partial charge is 0.322 e. The number of hydrogen-bond acceptors (Lipinski definition) is 2. The molecule has 0 saturated heterocycles. The Kier molecular flexibility index (Phi) is 2.21. The Morgan fingerprint density at radius 1 is 1.43 bits per heavy atom. The van der Waals surface area contributed by atoms with Crippen LogP contribution in [-0.2, 0) is 11.3 Å². The summed E-state index contributed by atoms with van der Waals surface area (Å²) in [7, 11) is 1.83. The van der Waals surface area contributed by atoms with E-state index < -0.39 is 0 Å². The molecule has 0 unspecified atom stereocenters. The minimum Gasteiger partial charge on any atom is -0.322 e. The number of nitrogens with zero attached hydrogens (tertiary/aromatic N) is 1. The second-order valence-electron chi connectivity index (χ2n) is 3.49. The lowest BCUT2D eigenvalue weighted by molar-refractivity contribution is -0.116. The molecule has 0 saturated carbocycles. The van der Waals surface area contributed by atoms with Crippen molar-refractivity contribution in [1.29, 1.82) is 0 Å². The third-order valence-electron chi connectivity index (χ3n) is 2.22. The first-order chi connectivity index (χ1) is 6.66. The molecule has 3 nitrogen and oxygen atoms in total. The van der Waals surface area contributed by atoms with Crippen LogP contribution in [0.2, 0.25) is 0 Å². The molecule has 4 heteroatoms. The van der Waals surface area contributed by atoms with Crippen molar-refractivity contribution in [2.24, 2.45) is 0 Å². The first kappa shape index (κ1) is 9.15. The minimum absolute atomic E-state index is 0.170. The smallest absolute Gasteiger partial charge is 0.238 e. The van der Waals surface area contributed by atoms with Gasteiger partial charge in [-0.25, -0.2) is 4.39 Å². The van der Waals surface area contributed by atoms with Gasteiger partial charge in [-0.1, -0.05) is 12.1 Å². The molecule has 0 fully saturated rings. The lowest BCUT2D eigenvalue weighted by Gasteiger charge is -2.11. The molecule has 1 N–H and O–H groups in total. The summed E-state index contributed by atoms with van der Waals surface area (Å²) in [6.07, 6.45) is 0. The van der Waals surface area contributed by atoms with Gasteiger partial charge in [-0.2, -0.15) is 0 Å². The fourth-order valence-corrected chi connectivity index (χ4v) is 1.61. The number of para-hydroxylation sites is 1. The summed E-state index contributed by atoms with van der Waals surface area (Å²) in [6.45, 7) is 0.889. The van der Waals surface area contributed by atoms with Crippen LogP contribution in [0, 0.1) is 5.82 Å². The molecular weight excluding hydrogens is 183 g/mol. The van der Waals surface area contributed by atoms with Crippen LogP contribution >= 0.6 is 0 Å². The molecule has 0 atom stereocenters. The summed E-state index contributed by atoms with van der Waals surface area (Å²) in [5.41, 5.74) is 1.14. The lowest BCUT2D eigenvalue weighted by atomic mass is 10.1. The van der Waals surface area contributed by atoms with Gasteiger partial charge < -0.3 is 5.32 Å². The Morgan fingerprint density at radius 3 is 3.00 bits per heavy atom. The van der Waals surface area contributed by atoms with E-state index in [2.05, 4.69) is 5.32 Å². The van der Waals surface area contributed by atoms with Gasteiger partial charge in [0.15, 0.2) is 0 Å². The van der Waals surface area contributed by atoms with Gasteiger partial charge in [-0.3, -0.25) is 9.69 Å². The van der Waals surface area contributed by atoms with Gasteiger partial charge in [0.1, 0.15) is 5.82 Å². The van der Waals surface area contributed by atoms with Crippen molar-refractivity contribution in [2.45, 2.75) is 6.54 Å². The third-order valence-corrected chi connectivity index (χ3v) is 2.22. The van der Waals surface area contributed by atoms with E-state index in [9.17, 15) is 9.18 Å². The van der Waals surface area contributed by atoms with E-state index in [0.29, 0.717) is 18.8 Å². The highest BCUT2D eigenvalue weighted by Crippen LogP contribution is 2.22. The number of likely N-dealkylation sites (N-methyl/N-ethyl adjacent to an activating group) is 1. The van der Waals surface area contributed by atoms with Crippen LogP contribution in [0.4, 0.5) is 10.1 Å². The van der Waals surface area contributed by atoms with Gasteiger partial charge in [-0.05, 0) is 18.7 Å². The van der Waals surface area contributed by atoms with Crippen LogP contribution in [0.15, 0.2) is 18.2 Å². The zero-order chi connectivity index (χ0) is 10.1. The van der Waals surface area contributed by atoms with Crippen LogP contribution < -0.4 is 5.32 Å². The Hall–Kier alpha value is -1.42. The molecule has 14 heavy (non-hydrogen) atoms. The predicted molar refractivity (Wildman–Crippen MR) is 51.4 cm³/mol. The van der Waals surface area contributed by atoms with Crippen molar-refractivity contribution in [1.82, 2.24) is 4.90 Å². The number of fused-ring (bicyclic) bond motifs is 1. The monoisotopic (exact) mass is 194 g/mol. The molecule has 0 bridgehead atoms. The van der Waals surface area contributed by atoms with Crippen molar-refractivity contribution in [3.05, 3.63) is 29.6 Å². The molecule has 2 rings (SSSR count). The second kappa shape index (κ2) is 3.38. The van der Waals surface area contributed by atoms with Crippen molar-refractivity contribution < 1.29 is 9.18 Å². The lowest BCUT2D eigenvalue weighted by Crippen LogP contribution is -2.26. The van der Waals surface area contributed by atoms with Crippen molar-refractivity contribution in [3.8, 4) is 0 Å². The Balaban J connectivity index is 2.46. The third kappa shape index (κ3) is 1.61. The number of amides is 1. The Bertz CT molecular complexity index is 378. The number of nitrogens with one attached hydrogen (secondary N) is 1. The number of anilines is 1. The van der Waals surface area contributed by atoms with Crippen molar-refractivity contribution >= 4 is 11.6 Å². The highest BCUT2D eigenvalue weighted by Gasteiger charge is 2.18. The summed E-state index contributed by atoms with van der Waals surface area (Å²) >= 11 is 0. The maximum atomic E-state index is 13.3. The van der Waals surface area contributed by atoms with Gasteiger partial charge in [-0.15, -0.1) is 0 Å². The molecular formula is C10H11FN2O. The summed E-state index contributed by atoms with van der Waals surface area (Å²) in [4.78, 5) is 13.1. The molecule has 1 aromatic rings. The molecule has 0 radical (unpaired) electrons. The summed E-state index contributed by atoms with van der Waals surface area (Å²) < 4.78 is 13.3. The molecule has 74 valence electrons. The predicted octanol–water partition coefficient (Wildman–Crippen LogP) is 1.21. The zero-order valence-corrected chi connectivity index (χ0v) is 7.88. The maximum absolute atomic E-state index is 13.3. The van der Waals surface area contributed by atoms with Gasteiger partial charge in [0.25, 0.3) is 0 Å². The first-order valence-corrected chi connectivity index (χ1v) is 4.42. The fourth-order valence-electron chi connectivity index (χ4n) is 1.61. The van der Waals surface area contributed by atoms with Gasteiger partial charge in [0, 0.05) is 6.54 Å². The van der Waals surface area contributed by atoms with Crippen LogP contribution in [-0.4, -0.2) is 24.4 Å². The average molecular weight is 194 g/mol. The van der Waals surface area contributed by atoms with Crippen LogP contribution in [0.5, 0.6) is 0 Å². The molecule has 0 spiro atoms. The minimum atomic E-state index is -0.369. The summed E-state index contributed by atoms with van der Waals surface area (Å²) in [5.74, 6) is -0.539. The van der Waals surface area contributed by atoms with E-state index in [1.807, 2.05) is 18.0 Å². The molecule has 0 aromatic heterocycles. The number of hydrogen-bond donors (Lipinski definition) is 1. The van der Waals surface area contributed by atoms with Gasteiger partial charge in [0.05, 0.1) is 12.2 Å². The van der Waals surface area contributed by atoms with Crippen molar-refractivity contribution in [3.63, 3.8) is 0 Å². The van der Waals surface area contributed by atoms with E-state index in [1.165, 1.54) is 6.07 Å². The molecule has 1 heterocycles. The molecule has 1 aliphatic rings. The Morgan fingerprint density at radius 2 is 2.21 bits per heavy atom. The number of carbonyl (C=O) groups is 1. The van der Waals surface area contributed by atoms with E-state index in [4.69, 9.17) is 0 Å². The number of halogens is 1. The summed E-state index contributed by atoms with van der Waals surface area (Å²) in [6, 6.07) is 4.82. The highest BCUT2D eigenvalue weighted by atomic mass is 19.1. The highest BCUT2D eigenvalue weighted by molar-refractivity contribution is 5.93. The maximum Gasteiger partial charge on any atom is 0.238 e. The topological polar surface area (TPSA) is 32.3 Å². The van der Waals surface area contributed by atoms with E-state index in [-0.39, 0.29) is 11.7 Å². The SMILES string of the molecule is CN1CC(=O)Nc2c(F)cccc2C1. The number of carbonyl (C=O) groups excluding carboxylic acids is 1. The molecule has 0 aliphatic carbocycles. The van der Waals surface area contributed by atoms with Crippen molar-refractivity contribution in [2.75, 3.05) is 18.9 Å². The Labute approximate surface area is 81.5 Å². The van der Waals surface area contributed by atoms with E-state index in [0.717, 1.165) is 5.56 Å². The van der Waals surface area contributed by atoms with Crippen LogP contribution in [0.25, 0.3) is 0 Å². The van der Waals surface area contributed by atoms with E-state index >= 15 is 0 Å². The average Bonchev–Trinajstić information content (AvgIpc) is 2.23. The van der Waals surface area contributed by atoms with Crippen LogP contribution in [0.3, 0.4) is 0 Å². The van der Waals surface area contributed by atoms with Crippen LogP contribution in [0.1, 0.15) is 5.56 Å². The first-order valence-electron chi connectivity index (χ1n) is 4.42. The standard InChI is InChI=1S/C10H11FN2O/c1-13-5-7-3-2-4-8(11)10(7)12-9(14)6-13/h2-4H,5-6H2,1H3,(H,12,14). The van der Waals surface area contributed by atoms with E-state index in [1.54, 1.807) is 6.07 Å².